The zero-order valence-corrected chi connectivity index (χ0v) is 12.9. The molecule has 3 aromatic rings. The maximum absolute atomic E-state index is 9.37. The number of aliphatic hydroxyl groups is 1. The van der Waals surface area contributed by atoms with E-state index in [9.17, 15) is 5.11 Å². The molecule has 2 nitrogen and oxygen atoms in total. The molecule has 2 aromatic carbocycles. The molecule has 0 unspecified atom stereocenters. The van der Waals surface area contributed by atoms with Crippen LogP contribution in [0.25, 0.3) is 11.0 Å². The number of hydrogen-bond donors (Lipinski definition) is 1. The fourth-order valence-electron chi connectivity index (χ4n) is 3.09. The maximum atomic E-state index is 9.37. The lowest BCUT2D eigenvalue weighted by molar-refractivity contribution is 0.269. The number of rotatable bonds is 6. The molecule has 0 fully saturated rings. The summed E-state index contributed by atoms with van der Waals surface area (Å²) in [6, 6.07) is 20.7. The second-order valence-corrected chi connectivity index (χ2v) is 5.94. The maximum Gasteiger partial charge on any atom is 0.134 e. The van der Waals surface area contributed by atoms with Gasteiger partial charge in [-0.3, -0.25) is 0 Å². The molecular formula is C20H22O2. The average Bonchev–Trinajstić information content (AvgIpc) is 2.99. The fourth-order valence-corrected chi connectivity index (χ4v) is 3.09. The van der Waals surface area contributed by atoms with Gasteiger partial charge in [-0.05, 0) is 36.5 Å². The van der Waals surface area contributed by atoms with E-state index in [2.05, 4.69) is 43.3 Å². The van der Waals surface area contributed by atoms with Crippen LogP contribution < -0.4 is 0 Å². The second-order valence-electron chi connectivity index (χ2n) is 5.94. The van der Waals surface area contributed by atoms with E-state index in [1.165, 1.54) is 5.56 Å². The van der Waals surface area contributed by atoms with Crippen molar-refractivity contribution in [2.45, 2.75) is 31.6 Å². The van der Waals surface area contributed by atoms with Crippen LogP contribution in [0, 0.1) is 0 Å². The van der Waals surface area contributed by atoms with E-state index < -0.39 is 0 Å². The van der Waals surface area contributed by atoms with Crippen molar-refractivity contribution in [3.05, 3.63) is 72.0 Å². The smallest absolute Gasteiger partial charge is 0.134 e. The fraction of sp³-hybridized carbons (Fsp3) is 0.300. The predicted molar refractivity (Wildman–Crippen MR) is 90.1 cm³/mol. The molecule has 2 heteroatoms. The minimum absolute atomic E-state index is 0.215. The Morgan fingerprint density at radius 1 is 1.00 bits per heavy atom. The topological polar surface area (TPSA) is 33.4 Å². The SMILES string of the molecule is C[C@@H](C[C@H](CCO)c1ccccc1)c1cc2ccccc2o1. The van der Waals surface area contributed by atoms with Crippen LogP contribution in [0.3, 0.4) is 0 Å². The van der Waals surface area contributed by atoms with Gasteiger partial charge in [0.2, 0.25) is 0 Å². The zero-order valence-electron chi connectivity index (χ0n) is 12.9. The molecule has 0 aliphatic rings. The molecule has 0 aliphatic heterocycles. The minimum Gasteiger partial charge on any atom is -0.461 e. The van der Waals surface area contributed by atoms with E-state index in [1.54, 1.807) is 0 Å². The predicted octanol–water partition coefficient (Wildman–Crippen LogP) is 5.09. The van der Waals surface area contributed by atoms with Crippen molar-refractivity contribution in [2.24, 2.45) is 0 Å². The van der Waals surface area contributed by atoms with Crippen molar-refractivity contribution >= 4 is 11.0 Å². The van der Waals surface area contributed by atoms with Gasteiger partial charge in [-0.1, -0.05) is 55.5 Å². The third-order valence-electron chi connectivity index (χ3n) is 4.32. The molecule has 0 amide bonds. The number of para-hydroxylation sites is 1. The standard InChI is InChI=1S/C20H22O2/c1-15(20-14-18-9-5-6-10-19(18)22-20)13-17(11-12-21)16-7-3-2-4-8-16/h2-10,14-15,17,21H,11-13H2,1H3/t15-,17-/m0/s1. The molecule has 3 rings (SSSR count). The highest BCUT2D eigenvalue weighted by Crippen LogP contribution is 2.34. The molecular weight excluding hydrogens is 272 g/mol. The van der Waals surface area contributed by atoms with Crippen molar-refractivity contribution in [3.63, 3.8) is 0 Å². The number of fused-ring (bicyclic) bond motifs is 1. The highest BCUT2D eigenvalue weighted by Gasteiger charge is 2.18. The van der Waals surface area contributed by atoms with Gasteiger partial charge >= 0.3 is 0 Å². The molecule has 0 saturated heterocycles. The Morgan fingerprint density at radius 2 is 1.73 bits per heavy atom. The van der Waals surface area contributed by atoms with E-state index in [-0.39, 0.29) is 6.61 Å². The van der Waals surface area contributed by atoms with Gasteiger partial charge in [-0.2, -0.15) is 0 Å². The zero-order chi connectivity index (χ0) is 15.4. The quantitative estimate of drug-likeness (QED) is 0.686. The Labute approximate surface area is 131 Å². The van der Waals surface area contributed by atoms with Gasteiger partial charge in [-0.15, -0.1) is 0 Å². The first-order valence-electron chi connectivity index (χ1n) is 7.92. The van der Waals surface area contributed by atoms with Crippen LogP contribution in [-0.2, 0) is 0 Å². The number of hydrogen-bond acceptors (Lipinski definition) is 2. The average molecular weight is 294 g/mol. The normalized spacial score (nSPS) is 14.1. The summed E-state index contributed by atoms with van der Waals surface area (Å²) in [5.41, 5.74) is 2.24. The van der Waals surface area contributed by atoms with Crippen molar-refractivity contribution in [3.8, 4) is 0 Å². The Balaban J connectivity index is 1.79. The summed E-state index contributed by atoms with van der Waals surface area (Å²) in [6.07, 6.45) is 1.76. The third-order valence-corrected chi connectivity index (χ3v) is 4.32. The van der Waals surface area contributed by atoms with Gasteiger partial charge in [0.25, 0.3) is 0 Å². The molecule has 22 heavy (non-hydrogen) atoms. The lowest BCUT2D eigenvalue weighted by Crippen LogP contribution is -2.06. The van der Waals surface area contributed by atoms with E-state index in [0.29, 0.717) is 11.8 Å². The van der Waals surface area contributed by atoms with Crippen molar-refractivity contribution in [1.29, 1.82) is 0 Å². The van der Waals surface area contributed by atoms with Crippen LogP contribution in [0.15, 0.2) is 65.1 Å². The van der Waals surface area contributed by atoms with Crippen LogP contribution in [0.2, 0.25) is 0 Å². The molecule has 0 aliphatic carbocycles. The first-order valence-corrected chi connectivity index (χ1v) is 7.92. The van der Waals surface area contributed by atoms with Crippen LogP contribution >= 0.6 is 0 Å². The Morgan fingerprint density at radius 3 is 2.45 bits per heavy atom. The highest BCUT2D eigenvalue weighted by atomic mass is 16.3. The summed E-state index contributed by atoms with van der Waals surface area (Å²) in [5, 5.41) is 10.5. The molecule has 0 spiro atoms. The van der Waals surface area contributed by atoms with Gasteiger partial charge in [-0.25, -0.2) is 0 Å². The lowest BCUT2D eigenvalue weighted by atomic mass is 9.86. The monoisotopic (exact) mass is 294 g/mol. The summed E-state index contributed by atoms with van der Waals surface area (Å²) in [5.74, 6) is 1.71. The van der Waals surface area contributed by atoms with Crippen LogP contribution in [-0.4, -0.2) is 11.7 Å². The lowest BCUT2D eigenvalue weighted by Gasteiger charge is -2.19. The highest BCUT2D eigenvalue weighted by molar-refractivity contribution is 5.77. The number of benzene rings is 2. The van der Waals surface area contributed by atoms with Gasteiger partial charge in [0.1, 0.15) is 11.3 Å². The van der Waals surface area contributed by atoms with E-state index in [4.69, 9.17) is 4.42 Å². The second kappa shape index (κ2) is 6.80. The van der Waals surface area contributed by atoms with Crippen LogP contribution in [0.5, 0.6) is 0 Å². The van der Waals surface area contributed by atoms with Crippen LogP contribution in [0.4, 0.5) is 0 Å². The van der Waals surface area contributed by atoms with Gasteiger partial charge in [0, 0.05) is 17.9 Å². The molecule has 0 saturated carbocycles. The molecule has 2 atom stereocenters. The van der Waals surface area contributed by atoms with Gasteiger partial charge < -0.3 is 9.52 Å². The van der Waals surface area contributed by atoms with Gasteiger partial charge in [0.15, 0.2) is 0 Å². The van der Waals surface area contributed by atoms with Crippen LogP contribution in [0.1, 0.15) is 42.9 Å². The van der Waals surface area contributed by atoms with Gasteiger partial charge in [0.05, 0.1) is 0 Å². The molecule has 1 aromatic heterocycles. The summed E-state index contributed by atoms with van der Waals surface area (Å²) in [6.45, 7) is 2.41. The first-order chi connectivity index (χ1) is 10.8. The molecule has 1 N–H and O–H groups in total. The summed E-state index contributed by atoms with van der Waals surface area (Å²) in [4.78, 5) is 0. The van der Waals surface area contributed by atoms with Crippen molar-refractivity contribution < 1.29 is 9.52 Å². The summed E-state index contributed by atoms with van der Waals surface area (Å²) < 4.78 is 5.98. The Kier molecular flexibility index (Phi) is 4.59. The molecule has 114 valence electrons. The number of furan rings is 1. The number of aliphatic hydroxyl groups excluding tert-OH is 1. The Bertz CT molecular complexity index is 682. The largest absolute Gasteiger partial charge is 0.461 e. The molecule has 0 bridgehead atoms. The van der Waals surface area contributed by atoms with Crippen molar-refractivity contribution in [1.82, 2.24) is 0 Å². The summed E-state index contributed by atoms with van der Waals surface area (Å²) >= 11 is 0. The minimum atomic E-state index is 0.215. The summed E-state index contributed by atoms with van der Waals surface area (Å²) in [7, 11) is 0. The van der Waals surface area contributed by atoms with E-state index >= 15 is 0 Å². The van der Waals surface area contributed by atoms with Crippen molar-refractivity contribution in [2.75, 3.05) is 6.61 Å². The van der Waals surface area contributed by atoms with E-state index in [0.717, 1.165) is 29.6 Å². The third kappa shape index (κ3) is 3.23. The molecule has 1 heterocycles. The first kappa shape index (κ1) is 14.9. The molecule has 0 radical (unpaired) electrons. The Hall–Kier alpha value is -2.06. The van der Waals surface area contributed by atoms with E-state index in [1.807, 2.05) is 24.3 Å².